The molecule has 1 aliphatic heterocycles. The van der Waals surface area contributed by atoms with E-state index in [0.29, 0.717) is 11.3 Å². The Balaban J connectivity index is 1.67. The second-order valence-electron chi connectivity index (χ2n) is 7.02. The van der Waals surface area contributed by atoms with Crippen molar-refractivity contribution < 1.29 is 19.1 Å². The highest BCUT2D eigenvalue weighted by molar-refractivity contribution is 8.00. The number of hydrogen-bond donors (Lipinski definition) is 2. The maximum atomic E-state index is 12.9. The quantitative estimate of drug-likeness (QED) is 0.562. The van der Waals surface area contributed by atoms with Crippen molar-refractivity contribution in [3.05, 3.63) is 59.2 Å². The van der Waals surface area contributed by atoms with Gasteiger partial charge in [-0.2, -0.15) is 5.01 Å². The lowest BCUT2D eigenvalue weighted by atomic mass is 9.92. The van der Waals surface area contributed by atoms with Gasteiger partial charge in [-0.15, -0.1) is 11.8 Å². The van der Waals surface area contributed by atoms with Gasteiger partial charge >= 0.3 is 6.03 Å². The Morgan fingerprint density at radius 2 is 1.86 bits per heavy atom. The molecule has 0 spiro atoms. The number of urea groups is 1. The number of rotatable bonds is 6. The molecule has 3 rings (SSSR count). The van der Waals surface area contributed by atoms with Crippen LogP contribution in [0.15, 0.2) is 47.4 Å². The van der Waals surface area contributed by atoms with Crippen molar-refractivity contribution in [2.24, 2.45) is 0 Å². The molecule has 29 heavy (non-hydrogen) atoms. The van der Waals surface area contributed by atoms with Crippen molar-refractivity contribution in [1.82, 2.24) is 15.8 Å². The van der Waals surface area contributed by atoms with Gasteiger partial charge in [0, 0.05) is 4.90 Å². The molecule has 152 valence electrons. The van der Waals surface area contributed by atoms with Gasteiger partial charge in [0.15, 0.2) is 0 Å². The zero-order valence-electron chi connectivity index (χ0n) is 16.7. The number of thioether (sulfide) groups is 1. The van der Waals surface area contributed by atoms with Crippen LogP contribution in [0.5, 0.6) is 5.75 Å². The van der Waals surface area contributed by atoms with Crippen LogP contribution in [0.4, 0.5) is 4.79 Å². The van der Waals surface area contributed by atoms with Crippen LogP contribution in [0.2, 0.25) is 0 Å². The Kier molecular flexibility index (Phi) is 5.83. The normalized spacial score (nSPS) is 18.6. The summed E-state index contributed by atoms with van der Waals surface area (Å²) >= 11 is 1.36. The fourth-order valence-electron chi connectivity index (χ4n) is 3.02. The van der Waals surface area contributed by atoms with Gasteiger partial charge in [-0.3, -0.25) is 15.0 Å². The summed E-state index contributed by atoms with van der Waals surface area (Å²) in [5, 5.41) is 3.40. The molecule has 0 radical (unpaired) electrons. The third kappa shape index (κ3) is 4.22. The number of hydrogen-bond acceptors (Lipinski definition) is 5. The van der Waals surface area contributed by atoms with Crippen LogP contribution in [0.1, 0.15) is 23.6 Å². The van der Waals surface area contributed by atoms with E-state index in [0.717, 1.165) is 21.0 Å². The third-order valence-corrected chi connectivity index (χ3v) is 5.95. The average Bonchev–Trinajstić information content (AvgIpc) is 2.92. The van der Waals surface area contributed by atoms with E-state index < -0.39 is 23.4 Å². The van der Waals surface area contributed by atoms with Gasteiger partial charge in [0.05, 0.1) is 12.9 Å². The van der Waals surface area contributed by atoms with Crippen molar-refractivity contribution in [3.8, 4) is 5.75 Å². The standard InChI is InChI=1S/C21H23N3O4S/c1-13-5-6-14(2)17(11-13)29-12-18(25)23-24-19(26)21(3,22-20(24)27)15-7-9-16(28-4)10-8-15/h5-11H,12H2,1-4H3,(H,22,27)(H,23,25)/t21-/m1/s1. The summed E-state index contributed by atoms with van der Waals surface area (Å²) in [6.45, 7) is 5.56. The summed E-state index contributed by atoms with van der Waals surface area (Å²) < 4.78 is 5.12. The number of nitrogens with zero attached hydrogens (tertiary/aromatic N) is 1. The summed E-state index contributed by atoms with van der Waals surface area (Å²) in [6, 6.07) is 12.2. The molecule has 2 aromatic rings. The molecule has 1 saturated heterocycles. The van der Waals surface area contributed by atoms with E-state index in [-0.39, 0.29) is 5.75 Å². The van der Waals surface area contributed by atoms with Crippen molar-refractivity contribution in [3.63, 3.8) is 0 Å². The van der Waals surface area contributed by atoms with E-state index in [1.165, 1.54) is 11.8 Å². The van der Waals surface area contributed by atoms with Crippen molar-refractivity contribution >= 4 is 29.6 Å². The molecule has 1 atom stereocenters. The van der Waals surface area contributed by atoms with Crippen LogP contribution in [0.25, 0.3) is 0 Å². The summed E-state index contributed by atoms with van der Waals surface area (Å²) in [7, 11) is 1.55. The van der Waals surface area contributed by atoms with E-state index in [9.17, 15) is 14.4 Å². The van der Waals surface area contributed by atoms with Crippen molar-refractivity contribution in [1.29, 1.82) is 0 Å². The van der Waals surface area contributed by atoms with Crippen molar-refractivity contribution in [2.45, 2.75) is 31.2 Å². The number of carbonyl (C=O) groups excluding carboxylic acids is 3. The smallest absolute Gasteiger partial charge is 0.344 e. The first kappa shape index (κ1) is 20.7. The van der Waals surface area contributed by atoms with Gasteiger partial charge in [0.25, 0.3) is 5.91 Å². The summed E-state index contributed by atoms with van der Waals surface area (Å²) in [5.41, 5.74) is 3.91. The number of benzene rings is 2. The van der Waals surface area contributed by atoms with Gasteiger partial charge < -0.3 is 10.1 Å². The lowest BCUT2D eigenvalue weighted by Crippen LogP contribution is -2.48. The van der Waals surface area contributed by atoms with E-state index in [2.05, 4.69) is 10.7 Å². The number of aryl methyl sites for hydroxylation is 2. The highest BCUT2D eigenvalue weighted by Gasteiger charge is 2.50. The molecule has 7 nitrogen and oxygen atoms in total. The minimum absolute atomic E-state index is 0.0839. The Bertz CT molecular complexity index is 961. The number of nitrogens with one attached hydrogen (secondary N) is 2. The number of amides is 4. The first-order valence-corrected chi connectivity index (χ1v) is 10.0. The fraction of sp³-hybridized carbons (Fsp3) is 0.286. The van der Waals surface area contributed by atoms with Crippen molar-refractivity contribution in [2.75, 3.05) is 12.9 Å². The number of imide groups is 1. The van der Waals surface area contributed by atoms with Gasteiger partial charge in [-0.25, -0.2) is 4.79 Å². The monoisotopic (exact) mass is 413 g/mol. The molecular formula is C21H23N3O4S. The zero-order valence-corrected chi connectivity index (χ0v) is 17.6. The summed E-state index contributed by atoms with van der Waals surface area (Å²) in [5.74, 6) is -0.250. The van der Waals surface area contributed by atoms with E-state index in [1.54, 1.807) is 38.3 Å². The van der Waals surface area contributed by atoms with E-state index >= 15 is 0 Å². The maximum Gasteiger partial charge on any atom is 0.344 e. The highest BCUT2D eigenvalue weighted by Crippen LogP contribution is 2.29. The second-order valence-corrected chi connectivity index (χ2v) is 8.03. The lowest BCUT2D eigenvalue weighted by Gasteiger charge is -2.22. The molecule has 0 unspecified atom stereocenters. The predicted molar refractivity (Wildman–Crippen MR) is 111 cm³/mol. The molecule has 8 heteroatoms. The maximum absolute atomic E-state index is 12.9. The molecule has 1 fully saturated rings. The van der Waals surface area contributed by atoms with Crippen LogP contribution in [0, 0.1) is 13.8 Å². The zero-order chi connectivity index (χ0) is 21.2. The van der Waals surface area contributed by atoms with Crippen LogP contribution in [-0.2, 0) is 15.1 Å². The van der Waals surface area contributed by atoms with Crippen LogP contribution in [0.3, 0.4) is 0 Å². The first-order chi connectivity index (χ1) is 13.7. The fourth-order valence-corrected chi connectivity index (χ4v) is 3.94. The Hall–Kier alpha value is -3.00. The molecule has 0 bridgehead atoms. The van der Waals surface area contributed by atoms with Gasteiger partial charge in [-0.1, -0.05) is 29.8 Å². The number of methoxy groups -OCH3 is 1. The molecular weight excluding hydrogens is 390 g/mol. The van der Waals surface area contributed by atoms with Gasteiger partial charge in [0.1, 0.15) is 11.3 Å². The number of carbonyl (C=O) groups is 3. The molecule has 2 N–H and O–H groups in total. The minimum Gasteiger partial charge on any atom is -0.497 e. The van der Waals surface area contributed by atoms with E-state index in [4.69, 9.17) is 4.74 Å². The SMILES string of the molecule is COc1ccc([C@@]2(C)NC(=O)N(NC(=O)CSc3cc(C)ccc3C)C2=O)cc1. The van der Waals surface area contributed by atoms with Gasteiger partial charge in [0.2, 0.25) is 5.91 Å². The Morgan fingerprint density at radius 1 is 1.17 bits per heavy atom. The molecule has 4 amide bonds. The van der Waals surface area contributed by atoms with Gasteiger partial charge in [-0.05, 0) is 50.1 Å². The van der Waals surface area contributed by atoms with Crippen LogP contribution < -0.4 is 15.5 Å². The highest BCUT2D eigenvalue weighted by atomic mass is 32.2. The molecule has 0 saturated carbocycles. The predicted octanol–water partition coefficient (Wildman–Crippen LogP) is 2.90. The summed E-state index contributed by atoms with van der Waals surface area (Å²) in [4.78, 5) is 38.6. The topological polar surface area (TPSA) is 87.7 Å². The molecule has 1 aliphatic rings. The lowest BCUT2D eigenvalue weighted by molar-refractivity contribution is -0.138. The van der Waals surface area contributed by atoms with Crippen LogP contribution >= 0.6 is 11.8 Å². The first-order valence-electron chi connectivity index (χ1n) is 9.05. The van der Waals surface area contributed by atoms with Crippen LogP contribution in [-0.4, -0.2) is 35.7 Å². The second kappa shape index (κ2) is 8.16. The molecule has 1 heterocycles. The number of hydrazine groups is 1. The summed E-state index contributed by atoms with van der Waals surface area (Å²) in [6.07, 6.45) is 0. The largest absolute Gasteiger partial charge is 0.497 e. The minimum atomic E-state index is -1.27. The number of ether oxygens (including phenoxy) is 1. The Labute approximate surface area is 173 Å². The Morgan fingerprint density at radius 3 is 2.52 bits per heavy atom. The third-order valence-electron chi connectivity index (χ3n) is 4.80. The van der Waals surface area contributed by atoms with E-state index in [1.807, 2.05) is 32.0 Å². The molecule has 2 aromatic carbocycles. The molecule has 0 aliphatic carbocycles. The molecule has 0 aromatic heterocycles. The average molecular weight is 413 g/mol.